The average Bonchev–Trinajstić information content (AvgIpc) is 3.15. The van der Waals surface area contributed by atoms with E-state index in [9.17, 15) is 13.2 Å². The second-order valence-electron chi connectivity index (χ2n) is 5.48. The van der Waals surface area contributed by atoms with Crippen LogP contribution in [0, 0.1) is 0 Å². The summed E-state index contributed by atoms with van der Waals surface area (Å²) in [6, 6.07) is 14.8. The molecule has 0 aliphatic heterocycles. The van der Waals surface area contributed by atoms with Crippen LogP contribution in [0.4, 0.5) is 0 Å². The van der Waals surface area contributed by atoms with Gasteiger partial charge in [-0.25, -0.2) is 19.0 Å². The summed E-state index contributed by atoms with van der Waals surface area (Å²) in [5, 5.41) is 3.94. The van der Waals surface area contributed by atoms with Crippen molar-refractivity contribution in [1.82, 2.24) is 15.3 Å². The first-order valence-corrected chi connectivity index (χ1v) is 9.99. The van der Waals surface area contributed by atoms with Crippen molar-refractivity contribution in [3.63, 3.8) is 0 Å². The van der Waals surface area contributed by atoms with E-state index in [4.69, 9.17) is 10.4 Å². The van der Waals surface area contributed by atoms with Gasteiger partial charge >= 0.3 is 0 Å². The monoisotopic (exact) mass is 450 g/mol. The lowest BCUT2D eigenvalue weighted by Gasteiger charge is -2.09. The molecule has 10 heteroatoms. The van der Waals surface area contributed by atoms with E-state index in [-0.39, 0.29) is 17.0 Å². The second-order valence-corrected chi connectivity index (χ2v) is 8.13. The Labute approximate surface area is 163 Å². The van der Waals surface area contributed by atoms with Crippen molar-refractivity contribution in [2.45, 2.75) is 11.4 Å². The summed E-state index contributed by atoms with van der Waals surface area (Å²) in [7, 11) is -3.97. The van der Waals surface area contributed by atoms with Crippen LogP contribution in [0.1, 0.15) is 16.1 Å². The highest BCUT2D eigenvalue weighted by molar-refractivity contribution is 9.10. The number of benzene rings is 2. The van der Waals surface area contributed by atoms with Gasteiger partial charge in [-0.2, -0.15) is 0 Å². The van der Waals surface area contributed by atoms with Gasteiger partial charge in [0, 0.05) is 16.1 Å². The van der Waals surface area contributed by atoms with E-state index in [1.165, 1.54) is 18.2 Å². The van der Waals surface area contributed by atoms with Crippen molar-refractivity contribution in [2.75, 3.05) is 0 Å². The third-order valence-electron chi connectivity index (χ3n) is 3.69. The third-order valence-corrected chi connectivity index (χ3v) is 5.68. The van der Waals surface area contributed by atoms with Gasteiger partial charge in [-0.3, -0.25) is 10.2 Å². The van der Waals surface area contributed by atoms with E-state index in [1.807, 2.05) is 29.7 Å². The molecule has 0 radical (unpaired) electrons. The molecule has 140 valence electrons. The first-order chi connectivity index (χ1) is 12.9. The minimum Gasteiger partial charge on any atom is -0.359 e. The number of nitrogens with one attached hydrogen (secondary N) is 2. The summed E-state index contributed by atoms with van der Waals surface area (Å²) >= 11 is 3.36. The van der Waals surface area contributed by atoms with Crippen LogP contribution in [-0.2, 0) is 16.6 Å². The minimum atomic E-state index is -3.97. The van der Waals surface area contributed by atoms with E-state index in [2.05, 4.69) is 25.8 Å². The molecule has 0 aliphatic carbocycles. The second kappa shape index (κ2) is 8.01. The lowest BCUT2D eigenvalue weighted by atomic mass is 10.1. The van der Waals surface area contributed by atoms with Crippen molar-refractivity contribution in [3.05, 3.63) is 70.4 Å². The fraction of sp³-hybridized carbons (Fsp3) is 0.0588. The van der Waals surface area contributed by atoms with E-state index in [0.29, 0.717) is 11.5 Å². The van der Waals surface area contributed by atoms with E-state index in [0.717, 1.165) is 10.0 Å². The molecule has 8 nitrogen and oxygen atoms in total. The fourth-order valence-corrected chi connectivity index (χ4v) is 3.82. The van der Waals surface area contributed by atoms with Gasteiger partial charge in [0.2, 0.25) is 10.0 Å². The maximum atomic E-state index is 12.6. The van der Waals surface area contributed by atoms with E-state index < -0.39 is 15.9 Å². The third kappa shape index (κ3) is 4.42. The molecule has 27 heavy (non-hydrogen) atoms. The van der Waals surface area contributed by atoms with Crippen LogP contribution in [0.15, 0.2) is 68.5 Å². The molecule has 4 N–H and O–H groups in total. The van der Waals surface area contributed by atoms with Crippen LogP contribution in [0.5, 0.6) is 0 Å². The number of amides is 1. The Bertz CT molecular complexity index is 1060. The van der Waals surface area contributed by atoms with Crippen LogP contribution in [-0.4, -0.2) is 19.5 Å². The van der Waals surface area contributed by atoms with Gasteiger partial charge in [0.25, 0.3) is 5.91 Å². The maximum absolute atomic E-state index is 12.6. The number of carbonyl (C=O) groups is 1. The molecule has 0 spiro atoms. The molecule has 0 unspecified atom stereocenters. The smallest absolute Gasteiger partial charge is 0.266 e. The predicted octanol–water partition coefficient (Wildman–Crippen LogP) is 2.19. The number of rotatable bonds is 6. The molecule has 3 rings (SSSR count). The zero-order chi connectivity index (χ0) is 19.4. The van der Waals surface area contributed by atoms with Crippen molar-refractivity contribution in [3.8, 4) is 11.3 Å². The number of sulfonamides is 1. The molecule has 0 fully saturated rings. The standard InChI is InChI=1S/C17H15BrN4O4S/c18-12-7-5-11(6-8-12)15-9-13(26-22-15)10-20-27(24,25)16-4-2-1-3-14(16)17(23)21-19/h1-9,20H,10,19H2,(H,21,23). The Hall–Kier alpha value is -2.53. The Morgan fingerprint density at radius 2 is 1.85 bits per heavy atom. The summed E-state index contributed by atoms with van der Waals surface area (Å²) in [5.41, 5.74) is 3.29. The molecule has 1 aromatic heterocycles. The Balaban J connectivity index is 1.77. The molecule has 0 bridgehead atoms. The Kier molecular flexibility index (Phi) is 5.71. The summed E-state index contributed by atoms with van der Waals surface area (Å²) < 4.78 is 33.6. The van der Waals surface area contributed by atoms with Gasteiger partial charge in [0.15, 0.2) is 5.76 Å². The zero-order valence-electron chi connectivity index (χ0n) is 13.8. The number of hydrogen-bond donors (Lipinski definition) is 3. The van der Waals surface area contributed by atoms with E-state index >= 15 is 0 Å². The topological polar surface area (TPSA) is 127 Å². The van der Waals surface area contributed by atoms with Crippen LogP contribution in [0.25, 0.3) is 11.3 Å². The summed E-state index contributed by atoms with van der Waals surface area (Å²) in [6.45, 7) is -0.121. The van der Waals surface area contributed by atoms with E-state index in [1.54, 1.807) is 12.1 Å². The number of halogens is 1. The number of nitrogens with zero attached hydrogens (tertiary/aromatic N) is 1. The quantitative estimate of drug-likeness (QED) is 0.300. The van der Waals surface area contributed by atoms with Crippen molar-refractivity contribution < 1.29 is 17.7 Å². The van der Waals surface area contributed by atoms with Crippen LogP contribution >= 0.6 is 15.9 Å². The highest BCUT2D eigenvalue weighted by atomic mass is 79.9. The molecule has 0 aliphatic rings. The molecular weight excluding hydrogens is 436 g/mol. The van der Waals surface area contributed by atoms with Gasteiger partial charge in [0.05, 0.1) is 17.0 Å². The number of aromatic nitrogens is 1. The molecule has 0 atom stereocenters. The van der Waals surface area contributed by atoms with Gasteiger partial charge in [-0.15, -0.1) is 0 Å². The molecule has 0 saturated carbocycles. The lowest BCUT2D eigenvalue weighted by Crippen LogP contribution is -2.32. The Morgan fingerprint density at radius 1 is 1.15 bits per heavy atom. The highest BCUT2D eigenvalue weighted by Crippen LogP contribution is 2.22. The molecule has 0 saturated heterocycles. The highest BCUT2D eigenvalue weighted by Gasteiger charge is 2.22. The minimum absolute atomic E-state index is 0.0550. The van der Waals surface area contributed by atoms with Crippen molar-refractivity contribution >= 4 is 31.9 Å². The zero-order valence-corrected chi connectivity index (χ0v) is 16.2. The summed E-state index contributed by atoms with van der Waals surface area (Å²) in [5.74, 6) is 4.74. The molecule has 1 amide bonds. The first-order valence-electron chi connectivity index (χ1n) is 7.72. The average molecular weight is 451 g/mol. The van der Waals surface area contributed by atoms with Crippen LogP contribution in [0.3, 0.4) is 0 Å². The maximum Gasteiger partial charge on any atom is 0.266 e. The predicted molar refractivity (Wildman–Crippen MR) is 102 cm³/mol. The lowest BCUT2D eigenvalue weighted by molar-refractivity contribution is 0.0950. The molecule has 2 aromatic carbocycles. The number of nitrogens with two attached hydrogens (primary N) is 1. The van der Waals surface area contributed by atoms with Crippen molar-refractivity contribution in [2.24, 2.45) is 5.84 Å². The van der Waals surface area contributed by atoms with Gasteiger partial charge in [-0.05, 0) is 24.3 Å². The molecule has 1 heterocycles. The van der Waals surface area contributed by atoms with Crippen LogP contribution < -0.4 is 16.0 Å². The van der Waals surface area contributed by atoms with Crippen LogP contribution in [0.2, 0.25) is 0 Å². The van der Waals surface area contributed by atoms with Crippen molar-refractivity contribution in [1.29, 1.82) is 0 Å². The number of carbonyl (C=O) groups excluding carboxylic acids is 1. The largest absolute Gasteiger partial charge is 0.359 e. The first kappa shape index (κ1) is 19.2. The molecular formula is C17H15BrN4O4S. The number of nitrogen functional groups attached to an aromatic ring is 1. The summed E-state index contributed by atoms with van der Waals surface area (Å²) in [4.78, 5) is 11.6. The Morgan fingerprint density at radius 3 is 2.56 bits per heavy atom. The summed E-state index contributed by atoms with van der Waals surface area (Å²) in [6.07, 6.45) is 0. The number of hydrogen-bond acceptors (Lipinski definition) is 6. The van der Waals surface area contributed by atoms with Gasteiger partial charge in [-0.1, -0.05) is 45.4 Å². The number of hydrazine groups is 1. The fourth-order valence-electron chi connectivity index (χ4n) is 2.36. The normalized spacial score (nSPS) is 11.3. The molecule has 3 aromatic rings. The van der Waals surface area contributed by atoms with Gasteiger partial charge in [0.1, 0.15) is 5.69 Å². The van der Waals surface area contributed by atoms with Gasteiger partial charge < -0.3 is 4.52 Å². The SMILES string of the molecule is NNC(=O)c1ccccc1S(=O)(=O)NCc1cc(-c2ccc(Br)cc2)no1.